The summed E-state index contributed by atoms with van der Waals surface area (Å²) in [4.78, 5) is 6.29. The first-order valence-electron chi connectivity index (χ1n) is 5.24. The van der Waals surface area contributed by atoms with Crippen LogP contribution in [0.15, 0.2) is 29.1 Å². The van der Waals surface area contributed by atoms with E-state index in [1.54, 1.807) is 11.3 Å². The average molecular weight is 268 g/mol. The monoisotopic (exact) mass is 267 g/mol. The lowest BCUT2D eigenvalue weighted by atomic mass is 10.2. The van der Waals surface area contributed by atoms with Gasteiger partial charge in [-0.25, -0.2) is 4.98 Å². The Kier molecular flexibility index (Phi) is 3.86. The zero-order valence-electron chi connectivity index (χ0n) is 9.77. The quantitative estimate of drug-likeness (QED) is 0.919. The number of thiazole rings is 1. The number of anilines is 2. The summed E-state index contributed by atoms with van der Waals surface area (Å²) in [7, 11) is 4.02. The molecule has 0 aliphatic rings. The maximum Gasteiger partial charge on any atom is 0.0795 e. The van der Waals surface area contributed by atoms with E-state index in [9.17, 15) is 0 Å². The molecule has 0 aliphatic heterocycles. The summed E-state index contributed by atoms with van der Waals surface area (Å²) in [6.07, 6.45) is 0. The molecule has 0 amide bonds. The molecule has 1 heterocycles. The largest absolute Gasteiger partial charge is 0.378 e. The lowest BCUT2D eigenvalue weighted by molar-refractivity contribution is 1.06. The van der Waals surface area contributed by atoms with Gasteiger partial charge in [-0.2, -0.15) is 0 Å². The van der Waals surface area contributed by atoms with Crippen molar-refractivity contribution in [1.29, 1.82) is 0 Å². The van der Waals surface area contributed by atoms with Gasteiger partial charge in [-0.3, -0.25) is 0 Å². The van der Waals surface area contributed by atoms with Crippen molar-refractivity contribution in [2.75, 3.05) is 24.3 Å². The number of aromatic nitrogens is 1. The summed E-state index contributed by atoms with van der Waals surface area (Å²) in [5, 5.41) is 6.12. The van der Waals surface area contributed by atoms with Crippen LogP contribution in [0.2, 0.25) is 5.02 Å². The molecule has 0 unspecified atom stereocenters. The highest BCUT2D eigenvalue weighted by atomic mass is 35.5. The van der Waals surface area contributed by atoms with Crippen molar-refractivity contribution in [2.45, 2.75) is 6.54 Å². The Bertz CT molecular complexity index is 483. The summed E-state index contributed by atoms with van der Waals surface area (Å²) < 4.78 is 0. The molecule has 0 radical (unpaired) electrons. The molecule has 2 rings (SSSR count). The van der Waals surface area contributed by atoms with E-state index in [-0.39, 0.29) is 0 Å². The third kappa shape index (κ3) is 3.11. The van der Waals surface area contributed by atoms with Gasteiger partial charge in [0, 0.05) is 24.5 Å². The molecule has 0 spiro atoms. The predicted octanol–water partition coefficient (Wildman–Crippen LogP) is 3.47. The van der Waals surface area contributed by atoms with Gasteiger partial charge >= 0.3 is 0 Å². The first-order chi connectivity index (χ1) is 8.16. The normalized spacial score (nSPS) is 10.3. The second-order valence-corrected chi connectivity index (χ2v) is 5.04. The van der Waals surface area contributed by atoms with Gasteiger partial charge in [0.1, 0.15) is 0 Å². The Morgan fingerprint density at radius 1 is 1.41 bits per heavy atom. The molecule has 2 aromatic rings. The van der Waals surface area contributed by atoms with Crippen molar-refractivity contribution >= 4 is 34.3 Å². The van der Waals surface area contributed by atoms with Crippen LogP contribution in [0.5, 0.6) is 0 Å². The van der Waals surface area contributed by atoms with Crippen molar-refractivity contribution in [3.63, 3.8) is 0 Å². The minimum atomic E-state index is 0.713. The van der Waals surface area contributed by atoms with Crippen LogP contribution in [-0.4, -0.2) is 19.1 Å². The Morgan fingerprint density at radius 2 is 2.24 bits per heavy atom. The van der Waals surface area contributed by atoms with Gasteiger partial charge in [0.25, 0.3) is 0 Å². The SMILES string of the molecule is CN(C)c1ccc(Cl)cc1NCc1cscn1. The van der Waals surface area contributed by atoms with E-state index < -0.39 is 0 Å². The molecule has 1 aromatic carbocycles. The van der Waals surface area contributed by atoms with Crippen LogP contribution in [-0.2, 0) is 6.54 Å². The Morgan fingerprint density at radius 3 is 2.88 bits per heavy atom. The smallest absolute Gasteiger partial charge is 0.0795 e. The fourth-order valence-corrected chi connectivity index (χ4v) is 2.28. The molecule has 1 N–H and O–H groups in total. The van der Waals surface area contributed by atoms with Crippen molar-refractivity contribution in [3.8, 4) is 0 Å². The maximum atomic E-state index is 6.01. The number of benzene rings is 1. The average Bonchev–Trinajstić information content (AvgIpc) is 2.78. The number of halogens is 1. The molecule has 0 saturated heterocycles. The third-order valence-corrected chi connectivity index (χ3v) is 3.25. The minimum absolute atomic E-state index is 0.713. The Balaban J connectivity index is 2.16. The summed E-state index contributed by atoms with van der Waals surface area (Å²) >= 11 is 7.61. The van der Waals surface area contributed by atoms with Gasteiger partial charge in [0.2, 0.25) is 0 Å². The first kappa shape index (κ1) is 12.2. The van der Waals surface area contributed by atoms with Gasteiger partial charge in [0.15, 0.2) is 0 Å². The molecule has 5 heteroatoms. The van der Waals surface area contributed by atoms with Crippen LogP contribution >= 0.6 is 22.9 Å². The first-order valence-corrected chi connectivity index (χ1v) is 6.56. The number of hydrogen-bond donors (Lipinski definition) is 1. The standard InChI is InChI=1S/C12H14ClN3S/c1-16(2)12-4-3-9(13)5-11(12)14-6-10-7-17-8-15-10/h3-5,7-8,14H,6H2,1-2H3. The minimum Gasteiger partial charge on any atom is -0.378 e. The second-order valence-electron chi connectivity index (χ2n) is 3.89. The number of nitrogens with zero attached hydrogens (tertiary/aromatic N) is 2. The summed E-state index contributed by atoms with van der Waals surface area (Å²) in [5.41, 5.74) is 5.02. The molecular formula is C12H14ClN3S. The topological polar surface area (TPSA) is 28.2 Å². The van der Waals surface area contributed by atoms with E-state index in [0.29, 0.717) is 6.54 Å². The fourth-order valence-electron chi connectivity index (χ4n) is 1.55. The van der Waals surface area contributed by atoms with Crippen LogP contribution in [0, 0.1) is 0 Å². The van der Waals surface area contributed by atoms with Gasteiger partial charge in [-0.1, -0.05) is 11.6 Å². The van der Waals surface area contributed by atoms with Gasteiger partial charge in [-0.15, -0.1) is 11.3 Å². The maximum absolute atomic E-state index is 6.01. The highest BCUT2D eigenvalue weighted by Crippen LogP contribution is 2.28. The lowest BCUT2D eigenvalue weighted by Crippen LogP contribution is -2.12. The van der Waals surface area contributed by atoms with E-state index in [1.807, 2.05) is 43.2 Å². The number of nitrogens with one attached hydrogen (secondary N) is 1. The molecule has 1 aromatic heterocycles. The van der Waals surface area contributed by atoms with E-state index >= 15 is 0 Å². The molecule has 0 fully saturated rings. The van der Waals surface area contributed by atoms with E-state index in [2.05, 4.69) is 15.2 Å². The highest BCUT2D eigenvalue weighted by molar-refractivity contribution is 7.07. The van der Waals surface area contributed by atoms with Crippen molar-refractivity contribution in [3.05, 3.63) is 39.8 Å². The number of hydrogen-bond acceptors (Lipinski definition) is 4. The molecule has 0 aliphatic carbocycles. The Labute approximate surface area is 110 Å². The second kappa shape index (κ2) is 5.38. The van der Waals surface area contributed by atoms with Gasteiger partial charge in [0.05, 0.1) is 29.1 Å². The lowest BCUT2D eigenvalue weighted by Gasteiger charge is -2.18. The van der Waals surface area contributed by atoms with Gasteiger partial charge in [-0.05, 0) is 18.2 Å². The highest BCUT2D eigenvalue weighted by Gasteiger charge is 2.05. The van der Waals surface area contributed by atoms with Crippen molar-refractivity contribution in [2.24, 2.45) is 0 Å². The zero-order chi connectivity index (χ0) is 12.3. The molecule has 17 heavy (non-hydrogen) atoms. The molecule has 0 saturated carbocycles. The van der Waals surface area contributed by atoms with Crippen LogP contribution in [0.4, 0.5) is 11.4 Å². The van der Waals surface area contributed by atoms with E-state index in [1.165, 1.54) is 0 Å². The zero-order valence-corrected chi connectivity index (χ0v) is 11.3. The molecular weight excluding hydrogens is 254 g/mol. The van der Waals surface area contributed by atoms with Crippen molar-refractivity contribution in [1.82, 2.24) is 4.98 Å². The van der Waals surface area contributed by atoms with Crippen LogP contribution < -0.4 is 10.2 Å². The Hall–Kier alpha value is -1.26. The van der Waals surface area contributed by atoms with E-state index in [0.717, 1.165) is 22.1 Å². The third-order valence-electron chi connectivity index (χ3n) is 2.38. The van der Waals surface area contributed by atoms with Crippen LogP contribution in [0.25, 0.3) is 0 Å². The summed E-state index contributed by atoms with van der Waals surface area (Å²) in [6.45, 7) is 0.713. The van der Waals surface area contributed by atoms with E-state index in [4.69, 9.17) is 11.6 Å². The van der Waals surface area contributed by atoms with Crippen LogP contribution in [0.1, 0.15) is 5.69 Å². The number of rotatable bonds is 4. The predicted molar refractivity (Wildman–Crippen MR) is 75.2 cm³/mol. The molecule has 0 bridgehead atoms. The van der Waals surface area contributed by atoms with Gasteiger partial charge < -0.3 is 10.2 Å². The van der Waals surface area contributed by atoms with Crippen molar-refractivity contribution < 1.29 is 0 Å². The summed E-state index contributed by atoms with van der Waals surface area (Å²) in [5.74, 6) is 0. The molecule has 3 nitrogen and oxygen atoms in total. The molecule has 0 atom stereocenters. The van der Waals surface area contributed by atoms with Crippen LogP contribution in [0.3, 0.4) is 0 Å². The summed E-state index contributed by atoms with van der Waals surface area (Å²) in [6, 6.07) is 5.83. The fraction of sp³-hybridized carbons (Fsp3) is 0.250. The molecule has 90 valence electrons.